The van der Waals surface area contributed by atoms with Crippen molar-refractivity contribution in [3.63, 3.8) is 0 Å². The third-order valence-corrected chi connectivity index (χ3v) is 4.25. The quantitative estimate of drug-likeness (QED) is 0.873. The molecule has 3 rings (SSSR count). The first-order chi connectivity index (χ1) is 10.7. The topological polar surface area (TPSA) is 50.3 Å². The van der Waals surface area contributed by atoms with Crippen LogP contribution in [-0.4, -0.2) is 52.6 Å². The number of nitrogens with zero attached hydrogens (tertiary/aromatic N) is 4. The number of alkyl halides is 1. The molecule has 0 spiro atoms. The molecule has 1 aromatic heterocycles. The van der Waals surface area contributed by atoms with Gasteiger partial charge < -0.3 is 15.2 Å². The predicted molar refractivity (Wildman–Crippen MR) is 85.6 cm³/mol. The van der Waals surface area contributed by atoms with Gasteiger partial charge in [-0.25, -0.2) is 9.37 Å². The molecule has 1 fully saturated rings. The number of piperazine rings is 1. The van der Waals surface area contributed by atoms with E-state index in [1.54, 1.807) is 18.6 Å². The van der Waals surface area contributed by atoms with Gasteiger partial charge in [0.15, 0.2) is 0 Å². The monoisotopic (exact) mass is 303 g/mol. The summed E-state index contributed by atoms with van der Waals surface area (Å²) in [6, 6.07) is 3.64. The van der Waals surface area contributed by atoms with Gasteiger partial charge in [0, 0.05) is 50.8 Å². The highest BCUT2D eigenvalue weighted by Gasteiger charge is 2.18. The van der Waals surface area contributed by atoms with E-state index in [-0.39, 0.29) is 0 Å². The molecular formula is C16H22FN5. The van der Waals surface area contributed by atoms with Gasteiger partial charge in [-0.3, -0.25) is 4.90 Å². The number of hydrogen-bond acceptors (Lipinski definition) is 4. The van der Waals surface area contributed by atoms with Crippen LogP contribution in [0.3, 0.4) is 0 Å². The number of hydrogen-bond donors (Lipinski definition) is 1. The average Bonchev–Trinajstić information content (AvgIpc) is 3.05. The molecule has 1 aliphatic rings. The molecule has 1 aliphatic heterocycles. The van der Waals surface area contributed by atoms with Crippen LogP contribution in [-0.2, 0) is 13.2 Å². The Bertz CT molecular complexity index is 618. The summed E-state index contributed by atoms with van der Waals surface area (Å²) in [5.74, 6) is 0. The molecule has 2 heterocycles. The first-order valence-electron chi connectivity index (χ1n) is 7.54. The molecule has 0 atom stereocenters. The van der Waals surface area contributed by atoms with Crippen molar-refractivity contribution in [3.8, 4) is 5.69 Å². The fraction of sp³-hybridized carbons (Fsp3) is 0.438. The summed E-state index contributed by atoms with van der Waals surface area (Å²) in [6.07, 6.45) is 5.31. The molecule has 5 nitrogen and oxygen atoms in total. The number of rotatable bonds is 4. The predicted octanol–water partition coefficient (Wildman–Crippen LogP) is 1.67. The maximum absolute atomic E-state index is 13.5. The second kappa shape index (κ2) is 6.46. The molecule has 0 amide bonds. The van der Waals surface area contributed by atoms with Crippen molar-refractivity contribution >= 4 is 5.69 Å². The van der Waals surface area contributed by atoms with E-state index in [9.17, 15) is 4.39 Å². The van der Waals surface area contributed by atoms with Crippen molar-refractivity contribution in [3.05, 3.63) is 42.0 Å². The standard InChI is InChI=1S/C16H22FN5/c1-20-4-6-21(7-5-20)11-15-13(10-17)8-14(18)9-16(15)22-3-2-19-12-22/h2-3,8-9,12H,4-7,10-11,18H2,1H3. The van der Waals surface area contributed by atoms with Crippen LogP contribution < -0.4 is 5.73 Å². The molecule has 2 N–H and O–H groups in total. The highest BCUT2D eigenvalue weighted by Crippen LogP contribution is 2.26. The number of halogens is 1. The molecular weight excluding hydrogens is 281 g/mol. The number of anilines is 1. The highest BCUT2D eigenvalue weighted by molar-refractivity contribution is 5.56. The van der Waals surface area contributed by atoms with E-state index in [1.165, 1.54) is 0 Å². The molecule has 118 valence electrons. The molecule has 22 heavy (non-hydrogen) atoms. The molecule has 0 aliphatic carbocycles. The van der Waals surface area contributed by atoms with E-state index in [1.807, 2.05) is 16.8 Å². The van der Waals surface area contributed by atoms with Gasteiger partial charge in [-0.2, -0.15) is 0 Å². The lowest BCUT2D eigenvalue weighted by Gasteiger charge is -2.33. The minimum Gasteiger partial charge on any atom is -0.399 e. The number of nitrogens with two attached hydrogens (primary N) is 1. The summed E-state index contributed by atoms with van der Waals surface area (Å²) >= 11 is 0. The lowest BCUT2D eigenvalue weighted by molar-refractivity contribution is 0.147. The van der Waals surface area contributed by atoms with Gasteiger partial charge in [-0.1, -0.05) is 0 Å². The van der Waals surface area contributed by atoms with Gasteiger partial charge in [-0.05, 0) is 30.3 Å². The van der Waals surface area contributed by atoms with Crippen molar-refractivity contribution in [2.24, 2.45) is 0 Å². The molecule has 0 unspecified atom stereocenters. The first kappa shape index (κ1) is 15.0. The maximum Gasteiger partial charge on any atom is 0.115 e. The molecule has 6 heteroatoms. The lowest BCUT2D eigenvalue weighted by atomic mass is 10.0. The average molecular weight is 303 g/mol. The Kier molecular flexibility index (Phi) is 4.40. The molecule has 1 saturated heterocycles. The molecule has 0 radical (unpaired) electrons. The van der Waals surface area contributed by atoms with Crippen molar-refractivity contribution in [2.75, 3.05) is 39.0 Å². The van der Waals surface area contributed by atoms with Crippen LogP contribution in [0.2, 0.25) is 0 Å². The van der Waals surface area contributed by atoms with E-state index >= 15 is 0 Å². The Morgan fingerprint density at radius 2 is 2.00 bits per heavy atom. The van der Waals surface area contributed by atoms with Crippen LogP contribution in [0.15, 0.2) is 30.9 Å². The SMILES string of the molecule is CN1CCN(Cc2c(CF)cc(N)cc2-n2ccnc2)CC1. The van der Waals surface area contributed by atoms with Crippen molar-refractivity contribution in [1.29, 1.82) is 0 Å². The van der Waals surface area contributed by atoms with Crippen LogP contribution in [0.4, 0.5) is 10.1 Å². The number of nitrogen functional groups attached to an aromatic ring is 1. The largest absolute Gasteiger partial charge is 0.399 e. The van der Waals surface area contributed by atoms with E-state index in [4.69, 9.17) is 5.73 Å². The maximum atomic E-state index is 13.5. The van der Waals surface area contributed by atoms with Crippen LogP contribution in [0.1, 0.15) is 11.1 Å². The highest BCUT2D eigenvalue weighted by atomic mass is 19.1. The second-order valence-corrected chi connectivity index (χ2v) is 5.86. The minimum absolute atomic E-state index is 0.504. The lowest BCUT2D eigenvalue weighted by Crippen LogP contribution is -2.44. The number of imidazole rings is 1. The van der Waals surface area contributed by atoms with Crippen molar-refractivity contribution in [2.45, 2.75) is 13.2 Å². The van der Waals surface area contributed by atoms with Crippen molar-refractivity contribution in [1.82, 2.24) is 19.4 Å². The first-order valence-corrected chi connectivity index (χ1v) is 7.54. The van der Waals surface area contributed by atoms with Crippen LogP contribution in [0.5, 0.6) is 0 Å². The Balaban J connectivity index is 1.94. The van der Waals surface area contributed by atoms with Crippen LogP contribution in [0, 0.1) is 0 Å². The molecule has 0 saturated carbocycles. The number of aromatic nitrogens is 2. The molecule has 2 aromatic rings. The zero-order chi connectivity index (χ0) is 15.5. The third-order valence-electron chi connectivity index (χ3n) is 4.25. The Labute approximate surface area is 130 Å². The zero-order valence-corrected chi connectivity index (χ0v) is 12.9. The van der Waals surface area contributed by atoms with Gasteiger partial charge in [-0.15, -0.1) is 0 Å². The molecule has 1 aromatic carbocycles. The summed E-state index contributed by atoms with van der Waals surface area (Å²) in [5, 5.41) is 0. The fourth-order valence-electron chi connectivity index (χ4n) is 2.90. The number of benzene rings is 1. The minimum atomic E-state index is -0.504. The summed E-state index contributed by atoms with van der Waals surface area (Å²) in [6.45, 7) is 4.31. The third kappa shape index (κ3) is 3.13. The Hall–Kier alpha value is -1.92. The van der Waals surface area contributed by atoms with E-state index < -0.39 is 6.67 Å². The van der Waals surface area contributed by atoms with Gasteiger partial charge in [0.05, 0.1) is 12.0 Å². The summed E-state index contributed by atoms with van der Waals surface area (Å²) in [7, 11) is 2.13. The van der Waals surface area contributed by atoms with Crippen LogP contribution >= 0.6 is 0 Å². The number of likely N-dealkylation sites (N-methyl/N-ethyl adjacent to an activating group) is 1. The fourth-order valence-corrected chi connectivity index (χ4v) is 2.90. The summed E-state index contributed by atoms with van der Waals surface area (Å²) in [5.41, 5.74) is 9.11. The summed E-state index contributed by atoms with van der Waals surface area (Å²) in [4.78, 5) is 8.77. The smallest absolute Gasteiger partial charge is 0.115 e. The van der Waals surface area contributed by atoms with Gasteiger partial charge >= 0.3 is 0 Å². The second-order valence-electron chi connectivity index (χ2n) is 5.86. The Morgan fingerprint density at radius 3 is 2.64 bits per heavy atom. The van der Waals surface area contributed by atoms with Crippen LogP contribution in [0.25, 0.3) is 5.69 Å². The van der Waals surface area contributed by atoms with E-state index in [0.717, 1.165) is 44.0 Å². The van der Waals surface area contributed by atoms with Gasteiger partial charge in [0.25, 0.3) is 0 Å². The van der Waals surface area contributed by atoms with E-state index in [0.29, 0.717) is 11.3 Å². The van der Waals surface area contributed by atoms with E-state index in [2.05, 4.69) is 21.8 Å². The normalized spacial score (nSPS) is 17.0. The molecule has 0 bridgehead atoms. The Morgan fingerprint density at radius 1 is 1.23 bits per heavy atom. The van der Waals surface area contributed by atoms with Gasteiger partial charge in [0.1, 0.15) is 6.67 Å². The van der Waals surface area contributed by atoms with Gasteiger partial charge in [0.2, 0.25) is 0 Å². The van der Waals surface area contributed by atoms with Crippen molar-refractivity contribution < 1.29 is 4.39 Å². The zero-order valence-electron chi connectivity index (χ0n) is 12.9. The summed E-state index contributed by atoms with van der Waals surface area (Å²) < 4.78 is 15.4.